The van der Waals surface area contributed by atoms with Gasteiger partial charge in [-0.05, 0) is 44.4 Å². The fourth-order valence-corrected chi connectivity index (χ4v) is 2.66. The van der Waals surface area contributed by atoms with E-state index in [0.29, 0.717) is 18.4 Å². The Balaban J connectivity index is 2.20. The van der Waals surface area contributed by atoms with Gasteiger partial charge in [-0.3, -0.25) is 4.79 Å². The monoisotopic (exact) mass is 323 g/mol. The zero-order valence-electron chi connectivity index (χ0n) is 14.3. The first-order valence-corrected chi connectivity index (χ1v) is 8.17. The summed E-state index contributed by atoms with van der Waals surface area (Å²) >= 11 is 0. The maximum atomic E-state index is 12.6. The summed E-state index contributed by atoms with van der Waals surface area (Å²) in [5.41, 5.74) is 1.69. The van der Waals surface area contributed by atoms with E-state index in [1.165, 1.54) is 0 Å². The summed E-state index contributed by atoms with van der Waals surface area (Å²) in [5, 5.41) is 13.8. The highest BCUT2D eigenvalue weighted by Crippen LogP contribution is 2.20. The van der Waals surface area contributed by atoms with E-state index in [0.717, 1.165) is 11.1 Å². The predicted molar refractivity (Wildman–Crippen MR) is 98.0 cm³/mol. The van der Waals surface area contributed by atoms with Gasteiger partial charge in [0, 0.05) is 5.56 Å². The van der Waals surface area contributed by atoms with Crippen LogP contribution in [0.15, 0.2) is 67.3 Å². The van der Waals surface area contributed by atoms with Crippen LogP contribution in [0.4, 0.5) is 0 Å². The minimum atomic E-state index is -1.07. The van der Waals surface area contributed by atoms with Crippen molar-refractivity contribution in [3.05, 3.63) is 83.9 Å². The van der Waals surface area contributed by atoms with Gasteiger partial charge < -0.3 is 10.4 Å². The molecule has 0 aromatic heterocycles. The largest absolute Gasteiger partial charge is 0.388 e. The molecule has 0 aliphatic heterocycles. The van der Waals surface area contributed by atoms with Crippen LogP contribution in [0.1, 0.15) is 34.8 Å². The maximum Gasteiger partial charge on any atom is 0.251 e. The Morgan fingerprint density at radius 3 is 2.42 bits per heavy atom. The minimum absolute atomic E-state index is 0.180. The molecule has 0 radical (unpaired) electrons. The normalized spacial score (nSPS) is 14.5. The van der Waals surface area contributed by atoms with Gasteiger partial charge in [0.1, 0.15) is 0 Å². The lowest BCUT2D eigenvalue weighted by atomic mass is 9.87. The van der Waals surface area contributed by atoms with Crippen molar-refractivity contribution in [2.45, 2.75) is 38.3 Å². The number of nitrogens with one attached hydrogen (secondary N) is 1. The highest BCUT2D eigenvalue weighted by atomic mass is 16.3. The zero-order chi connectivity index (χ0) is 17.6. The summed E-state index contributed by atoms with van der Waals surface area (Å²) in [6.07, 6.45) is 2.63. The van der Waals surface area contributed by atoms with Crippen LogP contribution in [0.5, 0.6) is 0 Å². The van der Waals surface area contributed by atoms with Crippen LogP contribution in [0, 0.1) is 6.92 Å². The van der Waals surface area contributed by atoms with E-state index >= 15 is 0 Å². The Bertz CT molecular complexity index is 675. The summed E-state index contributed by atoms with van der Waals surface area (Å²) in [6, 6.07) is 16.8. The van der Waals surface area contributed by atoms with Crippen molar-refractivity contribution in [2.75, 3.05) is 0 Å². The topological polar surface area (TPSA) is 49.3 Å². The van der Waals surface area contributed by atoms with E-state index in [2.05, 4.69) is 11.9 Å². The van der Waals surface area contributed by atoms with Gasteiger partial charge in [0.2, 0.25) is 0 Å². The Hall–Kier alpha value is -2.39. The number of hydrogen-bond donors (Lipinski definition) is 2. The Morgan fingerprint density at radius 1 is 1.21 bits per heavy atom. The van der Waals surface area contributed by atoms with Crippen molar-refractivity contribution in [3.63, 3.8) is 0 Å². The number of aryl methyl sites for hydroxylation is 1. The highest BCUT2D eigenvalue weighted by molar-refractivity contribution is 5.94. The number of amides is 1. The van der Waals surface area contributed by atoms with Crippen molar-refractivity contribution in [3.8, 4) is 0 Å². The van der Waals surface area contributed by atoms with Gasteiger partial charge >= 0.3 is 0 Å². The van der Waals surface area contributed by atoms with Gasteiger partial charge in [-0.2, -0.15) is 0 Å². The summed E-state index contributed by atoms with van der Waals surface area (Å²) < 4.78 is 0. The van der Waals surface area contributed by atoms with Crippen LogP contribution in [-0.2, 0) is 6.42 Å². The molecule has 0 aliphatic rings. The summed E-state index contributed by atoms with van der Waals surface area (Å²) in [5.74, 6) is -0.180. The van der Waals surface area contributed by atoms with Crippen LogP contribution >= 0.6 is 0 Å². The zero-order valence-corrected chi connectivity index (χ0v) is 14.3. The summed E-state index contributed by atoms with van der Waals surface area (Å²) in [4.78, 5) is 12.6. The summed E-state index contributed by atoms with van der Waals surface area (Å²) in [7, 11) is 0. The van der Waals surface area contributed by atoms with Crippen molar-refractivity contribution in [1.82, 2.24) is 5.32 Å². The molecule has 1 amide bonds. The second-order valence-electron chi connectivity index (χ2n) is 6.43. The van der Waals surface area contributed by atoms with Crippen molar-refractivity contribution >= 4 is 5.91 Å². The van der Waals surface area contributed by atoms with Gasteiger partial charge in [-0.1, -0.05) is 54.1 Å². The first-order valence-electron chi connectivity index (χ1n) is 8.17. The van der Waals surface area contributed by atoms with Gasteiger partial charge in [0.25, 0.3) is 5.91 Å². The lowest BCUT2D eigenvalue weighted by Crippen LogP contribution is -2.52. The number of rotatable bonds is 7. The third-order valence-corrected chi connectivity index (χ3v) is 4.21. The van der Waals surface area contributed by atoms with E-state index in [1.807, 2.05) is 49.4 Å². The molecular formula is C21H25NO2. The molecule has 0 saturated carbocycles. The first-order chi connectivity index (χ1) is 11.4. The number of benzene rings is 2. The van der Waals surface area contributed by atoms with Crippen molar-refractivity contribution in [2.24, 2.45) is 0 Å². The molecule has 0 heterocycles. The van der Waals surface area contributed by atoms with E-state index in [9.17, 15) is 9.90 Å². The van der Waals surface area contributed by atoms with E-state index < -0.39 is 11.6 Å². The average molecular weight is 323 g/mol. The number of carbonyl (C=O) groups is 1. The van der Waals surface area contributed by atoms with Gasteiger partial charge in [-0.25, -0.2) is 0 Å². The Labute approximate surface area is 144 Å². The van der Waals surface area contributed by atoms with Gasteiger partial charge in [0.05, 0.1) is 11.6 Å². The molecule has 2 atom stereocenters. The van der Waals surface area contributed by atoms with Crippen LogP contribution in [0.25, 0.3) is 0 Å². The average Bonchev–Trinajstić information content (AvgIpc) is 2.55. The SMILES string of the molecule is C=CC[C@@](C)(O)[C@@H](Cc1ccccc1)NC(=O)c1ccc(C)cc1. The van der Waals surface area contributed by atoms with E-state index in [-0.39, 0.29) is 5.91 Å². The molecule has 2 N–H and O–H groups in total. The van der Waals surface area contributed by atoms with E-state index in [4.69, 9.17) is 0 Å². The fraction of sp³-hybridized carbons (Fsp3) is 0.286. The Morgan fingerprint density at radius 2 is 1.83 bits per heavy atom. The smallest absolute Gasteiger partial charge is 0.251 e. The van der Waals surface area contributed by atoms with E-state index in [1.54, 1.807) is 25.1 Å². The molecule has 0 spiro atoms. The van der Waals surface area contributed by atoms with Crippen molar-refractivity contribution in [1.29, 1.82) is 0 Å². The molecule has 0 saturated heterocycles. The molecule has 0 fully saturated rings. The van der Waals surface area contributed by atoms with Crippen molar-refractivity contribution < 1.29 is 9.90 Å². The highest BCUT2D eigenvalue weighted by Gasteiger charge is 2.32. The number of aliphatic hydroxyl groups is 1. The quantitative estimate of drug-likeness (QED) is 0.764. The molecule has 2 aromatic carbocycles. The number of carbonyl (C=O) groups excluding carboxylic acids is 1. The number of hydrogen-bond acceptors (Lipinski definition) is 2. The van der Waals surface area contributed by atoms with Crippen LogP contribution in [0.3, 0.4) is 0 Å². The summed E-state index contributed by atoms with van der Waals surface area (Å²) in [6.45, 7) is 7.42. The molecule has 2 aromatic rings. The minimum Gasteiger partial charge on any atom is -0.388 e. The molecule has 0 unspecified atom stereocenters. The van der Waals surface area contributed by atoms with Gasteiger partial charge in [0.15, 0.2) is 0 Å². The lowest BCUT2D eigenvalue weighted by Gasteiger charge is -2.33. The molecule has 126 valence electrons. The molecular weight excluding hydrogens is 298 g/mol. The van der Waals surface area contributed by atoms with Crippen LogP contribution in [0.2, 0.25) is 0 Å². The molecule has 0 bridgehead atoms. The predicted octanol–water partition coefficient (Wildman–Crippen LogP) is 3.66. The molecule has 3 heteroatoms. The lowest BCUT2D eigenvalue weighted by molar-refractivity contribution is 0.0212. The third kappa shape index (κ3) is 4.80. The maximum absolute atomic E-state index is 12.6. The first kappa shape index (κ1) is 18.0. The molecule has 0 aliphatic carbocycles. The molecule has 2 rings (SSSR count). The second-order valence-corrected chi connectivity index (χ2v) is 6.43. The van der Waals surface area contributed by atoms with Crippen LogP contribution < -0.4 is 5.32 Å². The molecule has 3 nitrogen and oxygen atoms in total. The second kappa shape index (κ2) is 7.93. The van der Waals surface area contributed by atoms with Gasteiger partial charge in [-0.15, -0.1) is 6.58 Å². The Kier molecular flexibility index (Phi) is 5.93. The third-order valence-electron chi connectivity index (χ3n) is 4.21. The van der Waals surface area contributed by atoms with Crippen LogP contribution in [-0.4, -0.2) is 22.7 Å². The standard InChI is InChI=1S/C21H25NO2/c1-4-14-21(3,24)19(15-17-8-6-5-7-9-17)22-20(23)18-12-10-16(2)11-13-18/h4-13,19,24H,1,14-15H2,2-3H3,(H,22,23)/t19-,21-/m1/s1. The fourth-order valence-electron chi connectivity index (χ4n) is 2.66. The molecule has 24 heavy (non-hydrogen) atoms.